The third-order valence-corrected chi connectivity index (χ3v) is 3.17. The van der Waals surface area contributed by atoms with E-state index in [-0.39, 0.29) is 0 Å². The molecule has 1 aromatic heterocycles. The van der Waals surface area contributed by atoms with Gasteiger partial charge in [-0.2, -0.15) is 0 Å². The number of nitrogens with one attached hydrogen (secondary N) is 1. The quantitative estimate of drug-likeness (QED) is 0.760. The highest BCUT2D eigenvalue weighted by Gasteiger charge is 2.19. The Morgan fingerprint density at radius 3 is 3.25 bits per heavy atom. The third-order valence-electron chi connectivity index (χ3n) is 2.12. The maximum Gasteiger partial charge on any atom is 0.132 e. The molecule has 0 spiro atoms. The van der Waals surface area contributed by atoms with E-state index in [1.807, 2.05) is 5.38 Å². The summed E-state index contributed by atoms with van der Waals surface area (Å²) in [6.45, 7) is 1.63. The molecule has 0 aliphatic carbocycles. The maximum absolute atomic E-state index is 12.2. The van der Waals surface area contributed by atoms with E-state index in [4.69, 9.17) is 0 Å². The highest BCUT2D eigenvalue weighted by atomic mass is 32.1. The molecule has 12 heavy (non-hydrogen) atoms. The van der Waals surface area contributed by atoms with Gasteiger partial charge in [-0.15, -0.1) is 11.3 Å². The van der Waals surface area contributed by atoms with E-state index < -0.39 is 6.67 Å². The van der Waals surface area contributed by atoms with Crippen LogP contribution in [0.25, 0.3) is 0 Å². The smallest absolute Gasteiger partial charge is 0.132 e. The van der Waals surface area contributed by atoms with Gasteiger partial charge in [-0.1, -0.05) is 0 Å². The third kappa shape index (κ3) is 1.49. The molecule has 1 N–H and O–H groups in total. The summed E-state index contributed by atoms with van der Waals surface area (Å²) in [5.74, 6) is 0.523. The number of hydrogen-bond donors (Lipinski definition) is 1. The maximum atomic E-state index is 12.2. The summed E-state index contributed by atoms with van der Waals surface area (Å²) >= 11 is 1.58. The topological polar surface area (TPSA) is 24.9 Å². The summed E-state index contributed by atoms with van der Waals surface area (Å²) in [6.07, 6.45) is 1.14. The van der Waals surface area contributed by atoms with Crippen LogP contribution in [0.15, 0.2) is 5.38 Å². The molecule has 0 aromatic carbocycles. The molecule has 1 aliphatic rings. The Labute approximate surface area is 74.8 Å². The molecule has 2 nitrogen and oxygen atoms in total. The van der Waals surface area contributed by atoms with Gasteiger partial charge in [-0.05, 0) is 13.0 Å². The minimum absolute atomic E-state index is 0.434. The molecule has 1 fully saturated rings. The summed E-state index contributed by atoms with van der Waals surface area (Å²) in [4.78, 5) is 4.21. The minimum Gasteiger partial charge on any atom is -0.316 e. The monoisotopic (exact) mass is 186 g/mol. The van der Waals surface area contributed by atoms with Crippen molar-refractivity contribution in [3.8, 4) is 0 Å². The number of halogens is 1. The fraction of sp³-hybridized carbons (Fsp3) is 0.625. The lowest BCUT2D eigenvalue weighted by Gasteiger charge is -2.01. The van der Waals surface area contributed by atoms with Gasteiger partial charge in [-0.25, -0.2) is 9.37 Å². The largest absolute Gasteiger partial charge is 0.316 e. The van der Waals surface area contributed by atoms with Crippen LogP contribution in [0.2, 0.25) is 0 Å². The van der Waals surface area contributed by atoms with E-state index in [0.717, 1.165) is 24.5 Å². The van der Waals surface area contributed by atoms with Crippen LogP contribution in [0.1, 0.15) is 23.0 Å². The highest BCUT2D eigenvalue weighted by Crippen LogP contribution is 2.25. The van der Waals surface area contributed by atoms with Gasteiger partial charge < -0.3 is 5.32 Å². The Hall–Kier alpha value is -0.480. The lowest BCUT2D eigenvalue weighted by atomic mass is 10.1. The van der Waals surface area contributed by atoms with Crippen molar-refractivity contribution in [1.82, 2.24) is 10.3 Å². The molecule has 0 radical (unpaired) electrons. The number of alkyl halides is 1. The number of hydrogen-bond acceptors (Lipinski definition) is 3. The Bertz CT molecular complexity index is 255. The van der Waals surface area contributed by atoms with Crippen LogP contribution >= 0.6 is 11.3 Å². The summed E-state index contributed by atoms with van der Waals surface area (Å²) in [7, 11) is 0. The zero-order chi connectivity index (χ0) is 8.39. The van der Waals surface area contributed by atoms with Gasteiger partial charge in [0.2, 0.25) is 0 Å². The van der Waals surface area contributed by atoms with Gasteiger partial charge >= 0.3 is 0 Å². The molecule has 0 saturated carbocycles. The molecule has 1 aromatic rings. The molecular formula is C8H11FN2S. The molecule has 4 heteroatoms. The summed E-state index contributed by atoms with van der Waals surface area (Å²) < 4.78 is 12.2. The SMILES string of the molecule is FCc1csc(C2CCNC2)n1. The average Bonchev–Trinajstić information content (AvgIpc) is 2.75. The van der Waals surface area contributed by atoms with Crippen molar-refractivity contribution in [1.29, 1.82) is 0 Å². The first-order valence-corrected chi connectivity index (χ1v) is 4.99. The lowest BCUT2D eigenvalue weighted by molar-refractivity contribution is 0.476. The van der Waals surface area contributed by atoms with E-state index in [2.05, 4.69) is 10.3 Å². The second-order valence-electron chi connectivity index (χ2n) is 3.00. The summed E-state index contributed by atoms with van der Waals surface area (Å²) in [5, 5.41) is 6.17. The van der Waals surface area contributed by atoms with Crippen LogP contribution in [-0.4, -0.2) is 18.1 Å². The fourth-order valence-corrected chi connectivity index (χ4v) is 2.37. The summed E-state index contributed by atoms with van der Waals surface area (Å²) in [5.41, 5.74) is 0.585. The average molecular weight is 186 g/mol. The molecule has 1 unspecified atom stereocenters. The molecule has 1 atom stereocenters. The van der Waals surface area contributed by atoms with Crippen LogP contribution in [0.5, 0.6) is 0 Å². The van der Waals surface area contributed by atoms with Crippen LogP contribution < -0.4 is 5.32 Å². The van der Waals surface area contributed by atoms with Crippen molar-refractivity contribution in [2.75, 3.05) is 13.1 Å². The predicted molar refractivity (Wildman–Crippen MR) is 47.2 cm³/mol. The van der Waals surface area contributed by atoms with E-state index in [0.29, 0.717) is 11.6 Å². The van der Waals surface area contributed by atoms with Gasteiger partial charge in [0.25, 0.3) is 0 Å². The Morgan fingerprint density at radius 2 is 2.67 bits per heavy atom. The van der Waals surface area contributed by atoms with E-state index in [1.54, 1.807) is 11.3 Å². The van der Waals surface area contributed by atoms with Crippen LogP contribution in [0.4, 0.5) is 4.39 Å². The Balaban J connectivity index is 2.11. The van der Waals surface area contributed by atoms with Crippen molar-refractivity contribution in [3.05, 3.63) is 16.1 Å². The first-order valence-electron chi connectivity index (χ1n) is 4.11. The molecule has 1 saturated heterocycles. The van der Waals surface area contributed by atoms with E-state index in [9.17, 15) is 4.39 Å². The fourth-order valence-electron chi connectivity index (χ4n) is 1.44. The van der Waals surface area contributed by atoms with Gasteiger partial charge in [0.05, 0.1) is 10.7 Å². The zero-order valence-electron chi connectivity index (χ0n) is 6.72. The van der Waals surface area contributed by atoms with Gasteiger partial charge in [0.1, 0.15) is 6.67 Å². The number of aromatic nitrogens is 1. The molecule has 2 heterocycles. The van der Waals surface area contributed by atoms with Crippen LogP contribution in [0.3, 0.4) is 0 Å². The normalized spacial score (nSPS) is 23.2. The second kappa shape index (κ2) is 3.49. The number of rotatable bonds is 2. The van der Waals surface area contributed by atoms with Crippen LogP contribution in [-0.2, 0) is 6.67 Å². The number of nitrogens with zero attached hydrogens (tertiary/aromatic N) is 1. The number of thiazole rings is 1. The minimum atomic E-state index is -0.434. The molecule has 0 bridgehead atoms. The van der Waals surface area contributed by atoms with Crippen LogP contribution in [0, 0.1) is 0 Å². The van der Waals surface area contributed by atoms with Crippen molar-refractivity contribution < 1.29 is 4.39 Å². The second-order valence-corrected chi connectivity index (χ2v) is 3.89. The highest BCUT2D eigenvalue weighted by molar-refractivity contribution is 7.09. The molecule has 2 rings (SSSR count). The van der Waals surface area contributed by atoms with E-state index in [1.165, 1.54) is 0 Å². The summed E-state index contributed by atoms with van der Waals surface area (Å²) in [6, 6.07) is 0. The van der Waals surface area contributed by atoms with Gasteiger partial charge in [0.15, 0.2) is 0 Å². The lowest BCUT2D eigenvalue weighted by Crippen LogP contribution is -2.07. The zero-order valence-corrected chi connectivity index (χ0v) is 7.53. The van der Waals surface area contributed by atoms with Crippen molar-refractivity contribution in [2.45, 2.75) is 19.0 Å². The van der Waals surface area contributed by atoms with Gasteiger partial charge in [0, 0.05) is 17.8 Å². The predicted octanol–water partition coefficient (Wildman–Crippen LogP) is 1.69. The molecule has 66 valence electrons. The Kier molecular flexibility index (Phi) is 2.37. The van der Waals surface area contributed by atoms with Crippen molar-refractivity contribution >= 4 is 11.3 Å². The van der Waals surface area contributed by atoms with Crippen molar-refractivity contribution in [2.24, 2.45) is 0 Å². The first-order chi connectivity index (χ1) is 5.90. The van der Waals surface area contributed by atoms with Crippen molar-refractivity contribution in [3.63, 3.8) is 0 Å². The molecule has 0 amide bonds. The molecular weight excluding hydrogens is 175 g/mol. The molecule has 1 aliphatic heterocycles. The first kappa shape index (κ1) is 8.13. The van der Waals surface area contributed by atoms with Gasteiger partial charge in [-0.3, -0.25) is 0 Å². The van der Waals surface area contributed by atoms with E-state index >= 15 is 0 Å². The Morgan fingerprint density at radius 1 is 1.75 bits per heavy atom. The standard InChI is InChI=1S/C8H11FN2S/c9-3-7-5-12-8(11-7)6-1-2-10-4-6/h5-6,10H,1-4H2.